The Balaban J connectivity index is 2.17. The number of hydrogen-bond acceptors (Lipinski definition) is 3. The van der Waals surface area contributed by atoms with Gasteiger partial charge in [-0.2, -0.15) is 0 Å². The van der Waals surface area contributed by atoms with Crippen molar-refractivity contribution >= 4 is 0 Å². The van der Waals surface area contributed by atoms with Crippen LogP contribution in [0.25, 0.3) is 0 Å². The van der Waals surface area contributed by atoms with Crippen molar-refractivity contribution in [3.05, 3.63) is 59.9 Å². The highest BCUT2D eigenvalue weighted by molar-refractivity contribution is 5.31. The summed E-state index contributed by atoms with van der Waals surface area (Å²) in [5.74, 6) is 0.863. The summed E-state index contributed by atoms with van der Waals surface area (Å²) in [6, 6.07) is 13.6. The first-order valence-corrected chi connectivity index (χ1v) is 5.98. The van der Waals surface area contributed by atoms with Gasteiger partial charge in [-0.25, -0.2) is 0 Å². The Kier molecular flexibility index (Phi) is 4.31. The van der Waals surface area contributed by atoms with Gasteiger partial charge in [-0.05, 0) is 36.2 Å². The van der Waals surface area contributed by atoms with E-state index < -0.39 is 0 Å². The van der Waals surface area contributed by atoms with Crippen molar-refractivity contribution in [3.8, 4) is 5.75 Å². The fourth-order valence-electron chi connectivity index (χ4n) is 1.95. The van der Waals surface area contributed by atoms with Gasteiger partial charge in [-0.1, -0.05) is 18.2 Å². The lowest BCUT2D eigenvalue weighted by atomic mass is 9.94. The lowest BCUT2D eigenvalue weighted by Gasteiger charge is -2.15. The molecule has 1 aromatic heterocycles. The molecule has 0 spiro atoms. The van der Waals surface area contributed by atoms with Crippen LogP contribution >= 0.6 is 0 Å². The van der Waals surface area contributed by atoms with Crippen molar-refractivity contribution in [2.24, 2.45) is 0 Å². The summed E-state index contributed by atoms with van der Waals surface area (Å²) in [5, 5.41) is 9.54. The minimum Gasteiger partial charge on any atom is -0.497 e. The molecule has 94 valence electrons. The molecule has 2 rings (SSSR count). The summed E-state index contributed by atoms with van der Waals surface area (Å²) >= 11 is 0. The average molecular weight is 243 g/mol. The maximum absolute atomic E-state index is 9.54. The van der Waals surface area contributed by atoms with E-state index in [-0.39, 0.29) is 12.5 Å². The van der Waals surface area contributed by atoms with Crippen LogP contribution in [0.2, 0.25) is 0 Å². The average Bonchev–Trinajstić information content (AvgIpc) is 2.46. The van der Waals surface area contributed by atoms with Gasteiger partial charge in [0.1, 0.15) is 5.75 Å². The summed E-state index contributed by atoms with van der Waals surface area (Å²) in [6.45, 7) is 0.101. The van der Waals surface area contributed by atoms with Gasteiger partial charge in [0.05, 0.1) is 13.7 Å². The van der Waals surface area contributed by atoms with E-state index in [1.54, 1.807) is 13.3 Å². The highest BCUT2D eigenvalue weighted by Gasteiger charge is 2.12. The van der Waals surface area contributed by atoms with Crippen LogP contribution in [0.5, 0.6) is 5.75 Å². The summed E-state index contributed by atoms with van der Waals surface area (Å²) < 4.78 is 5.20. The molecule has 1 heterocycles. The fourth-order valence-corrected chi connectivity index (χ4v) is 1.95. The van der Waals surface area contributed by atoms with Crippen molar-refractivity contribution in [2.75, 3.05) is 13.7 Å². The van der Waals surface area contributed by atoms with Gasteiger partial charge < -0.3 is 9.84 Å². The quantitative estimate of drug-likeness (QED) is 0.877. The zero-order chi connectivity index (χ0) is 12.8. The van der Waals surface area contributed by atoms with Crippen LogP contribution in [0.15, 0.2) is 48.7 Å². The molecule has 2 aromatic rings. The van der Waals surface area contributed by atoms with Crippen LogP contribution in [0, 0.1) is 0 Å². The van der Waals surface area contributed by atoms with Gasteiger partial charge >= 0.3 is 0 Å². The van der Waals surface area contributed by atoms with E-state index >= 15 is 0 Å². The molecule has 1 atom stereocenters. The maximum Gasteiger partial charge on any atom is 0.119 e. The van der Waals surface area contributed by atoms with Crippen LogP contribution in [-0.4, -0.2) is 23.8 Å². The molecule has 3 nitrogen and oxygen atoms in total. The molecule has 0 amide bonds. The Morgan fingerprint density at radius 3 is 2.78 bits per heavy atom. The molecule has 0 fully saturated rings. The number of ether oxygens (including phenoxy) is 1. The van der Waals surface area contributed by atoms with Gasteiger partial charge in [0.2, 0.25) is 0 Å². The molecule has 0 aliphatic heterocycles. The van der Waals surface area contributed by atoms with Crippen LogP contribution in [0.3, 0.4) is 0 Å². The molecule has 1 aromatic carbocycles. The van der Waals surface area contributed by atoms with E-state index in [0.29, 0.717) is 0 Å². The molecule has 18 heavy (non-hydrogen) atoms. The van der Waals surface area contributed by atoms with E-state index in [2.05, 4.69) is 4.98 Å². The van der Waals surface area contributed by atoms with Crippen LogP contribution < -0.4 is 4.74 Å². The standard InChI is InChI=1S/C15H17NO2/c1-18-15-7-4-5-12(10-15)13(11-17)9-14-6-2-3-8-16-14/h2-8,10,13,17H,9,11H2,1H3. The van der Waals surface area contributed by atoms with Crippen molar-refractivity contribution in [3.63, 3.8) is 0 Å². The number of hydrogen-bond donors (Lipinski definition) is 1. The first-order chi connectivity index (χ1) is 8.83. The Labute approximate surface area is 107 Å². The van der Waals surface area contributed by atoms with Crippen LogP contribution in [0.1, 0.15) is 17.2 Å². The molecular weight excluding hydrogens is 226 g/mol. The molecule has 0 saturated carbocycles. The van der Waals surface area contributed by atoms with Crippen molar-refractivity contribution in [1.29, 1.82) is 0 Å². The molecule has 1 unspecified atom stereocenters. The summed E-state index contributed by atoms with van der Waals surface area (Å²) in [7, 11) is 1.64. The molecule has 0 radical (unpaired) electrons. The number of aromatic nitrogens is 1. The van der Waals surface area contributed by atoms with Gasteiger partial charge in [0, 0.05) is 17.8 Å². The fraction of sp³-hybridized carbons (Fsp3) is 0.267. The minimum absolute atomic E-state index is 0.0509. The summed E-state index contributed by atoms with van der Waals surface area (Å²) in [4.78, 5) is 4.29. The van der Waals surface area contributed by atoms with Gasteiger partial charge in [0.15, 0.2) is 0 Å². The number of methoxy groups -OCH3 is 1. The number of pyridine rings is 1. The maximum atomic E-state index is 9.54. The Bertz CT molecular complexity index is 485. The third kappa shape index (κ3) is 3.08. The van der Waals surface area contributed by atoms with Crippen molar-refractivity contribution in [1.82, 2.24) is 4.98 Å². The van der Waals surface area contributed by atoms with Crippen LogP contribution in [-0.2, 0) is 6.42 Å². The number of rotatable bonds is 5. The van der Waals surface area contributed by atoms with Gasteiger partial charge in [-0.3, -0.25) is 4.98 Å². The lowest BCUT2D eigenvalue weighted by Crippen LogP contribution is -2.08. The topological polar surface area (TPSA) is 42.4 Å². The first kappa shape index (κ1) is 12.6. The molecule has 0 aliphatic carbocycles. The van der Waals surface area contributed by atoms with E-state index in [4.69, 9.17) is 4.74 Å². The molecule has 0 aliphatic rings. The highest BCUT2D eigenvalue weighted by Crippen LogP contribution is 2.23. The van der Waals surface area contributed by atoms with Crippen molar-refractivity contribution < 1.29 is 9.84 Å². The Morgan fingerprint density at radius 1 is 1.22 bits per heavy atom. The molecule has 1 N–H and O–H groups in total. The third-order valence-electron chi connectivity index (χ3n) is 2.97. The number of nitrogens with zero attached hydrogens (tertiary/aromatic N) is 1. The van der Waals surface area contributed by atoms with Gasteiger partial charge in [0.25, 0.3) is 0 Å². The largest absolute Gasteiger partial charge is 0.497 e. The summed E-state index contributed by atoms with van der Waals surface area (Å²) in [5.41, 5.74) is 2.06. The van der Waals surface area contributed by atoms with E-state index in [1.807, 2.05) is 42.5 Å². The SMILES string of the molecule is COc1cccc(C(CO)Cc2ccccn2)c1. The first-order valence-electron chi connectivity index (χ1n) is 5.98. The second-order valence-electron chi connectivity index (χ2n) is 4.18. The van der Waals surface area contributed by atoms with E-state index in [0.717, 1.165) is 23.4 Å². The molecule has 0 saturated heterocycles. The molecule has 3 heteroatoms. The van der Waals surface area contributed by atoms with Crippen molar-refractivity contribution in [2.45, 2.75) is 12.3 Å². The predicted molar refractivity (Wildman–Crippen MR) is 70.8 cm³/mol. The normalized spacial score (nSPS) is 12.1. The Hall–Kier alpha value is -1.87. The van der Waals surface area contributed by atoms with E-state index in [9.17, 15) is 5.11 Å². The second-order valence-corrected chi connectivity index (χ2v) is 4.18. The second kappa shape index (κ2) is 6.17. The highest BCUT2D eigenvalue weighted by atomic mass is 16.5. The number of aliphatic hydroxyl groups excluding tert-OH is 1. The van der Waals surface area contributed by atoms with Crippen LogP contribution in [0.4, 0.5) is 0 Å². The Morgan fingerprint density at radius 2 is 2.11 bits per heavy atom. The number of aliphatic hydroxyl groups is 1. The monoisotopic (exact) mass is 243 g/mol. The zero-order valence-electron chi connectivity index (χ0n) is 10.4. The zero-order valence-corrected chi connectivity index (χ0v) is 10.4. The summed E-state index contributed by atoms with van der Waals surface area (Å²) in [6.07, 6.45) is 2.50. The molecular formula is C15H17NO2. The third-order valence-corrected chi connectivity index (χ3v) is 2.97. The van der Waals surface area contributed by atoms with E-state index in [1.165, 1.54) is 0 Å². The van der Waals surface area contributed by atoms with Gasteiger partial charge in [-0.15, -0.1) is 0 Å². The predicted octanol–water partition coefficient (Wildman–Crippen LogP) is 2.41. The lowest BCUT2D eigenvalue weighted by molar-refractivity contribution is 0.263. The minimum atomic E-state index is 0.0509. The number of benzene rings is 1. The smallest absolute Gasteiger partial charge is 0.119 e. The molecule has 0 bridgehead atoms.